The zero-order chi connectivity index (χ0) is 23.9. The number of rotatable bonds is 8. The van der Waals surface area contributed by atoms with E-state index in [-0.39, 0.29) is 11.9 Å². The molecule has 3 aromatic carbocycles. The van der Waals surface area contributed by atoms with Gasteiger partial charge in [-0.05, 0) is 79.1 Å². The summed E-state index contributed by atoms with van der Waals surface area (Å²) in [5.41, 5.74) is 2.77. The number of piperidine rings is 1. The van der Waals surface area contributed by atoms with Crippen molar-refractivity contribution in [2.24, 2.45) is 0 Å². The summed E-state index contributed by atoms with van der Waals surface area (Å²) in [6.07, 6.45) is 1.80. The second-order valence-electron chi connectivity index (χ2n) is 8.46. The maximum atomic E-state index is 13.7. The van der Waals surface area contributed by atoms with E-state index in [9.17, 15) is 4.79 Å². The summed E-state index contributed by atoms with van der Waals surface area (Å²) < 4.78 is 15.9. The number of carbonyl (C=O) groups excluding carboxylic acids is 1. The van der Waals surface area contributed by atoms with Crippen LogP contribution < -0.4 is 19.1 Å². The van der Waals surface area contributed by atoms with Crippen LogP contribution >= 0.6 is 0 Å². The van der Waals surface area contributed by atoms with E-state index >= 15 is 0 Å². The Hall–Kier alpha value is -3.51. The van der Waals surface area contributed by atoms with Crippen LogP contribution in [0.3, 0.4) is 0 Å². The number of ether oxygens (including phenoxy) is 3. The first-order valence-electron chi connectivity index (χ1n) is 11.6. The number of amides is 1. The van der Waals surface area contributed by atoms with E-state index in [2.05, 4.69) is 17.0 Å². The summed E-state index contributed by atoms with van der Waals surface area (Å²) >= 11 is 0. The molecule has 0 saturated carbocycles. The van der Waals surface area contributed by atoms with Crippen molar-refractivity contribution in [2.45, 2.75) is 25.4 Å². The normalized spacial score (nSPS) is 14.4. The predicted octanol–water partition coefficient (Wildman–Crippen LogP) is 5.02. The van der Waals surface area contributed by atoms with Crippen LogP contribution in [0.25, 0.3) is 0 Å². The maximum absolute atomic E-state index is 13.7. The van der Waals surface area contributed by atoms with Crippen LogP contribution in [-0.4, -0.2) is 51.3 Å². The third-order valence-corrected chi connectivity index (χ3v) is 6.37. The predicted molar refractivity (Wildman–Crippen MR) is 134 cm³/mol. The molecule has 1 aliphatic rings. The summed E-state index contributed by atoms with van der Waals surface area (Å²) in [4.78, 5) is 18.1. The van der Waals surface area contributed by atoms with Crippen molar-refractivity contribution in [1.29, 1.82) is 0 Å². The van der Waals surface area contributed by atoms with Gasteiger partial charge in [-0.25, -0.2) is 0 Å². The van der Waals surface area contributed by atoms with Gasteiger partial charge in [0.2, 0.25) is 0 Å². The van der Waals surface area contributed by atoms with Gasteiger partial charge in [-0.15, -0.1) is 0 Å². The number of nitrogens with zero attached hydrogens (tertiary/aromatic N) is 2. The van der Waals surface area contributed by atoms with E-state index < -0.39 is 0 Å². The van der Waals surface area contributed by atoms with Gasteiger partial charge in [0.25, 0.3) is 5.91 Å². The van der Waals surface area contributed by atoms with E-state index in [1.807, 2.05) is 65.6 Å². The molecule has 0 N–H and O–H groups in total. The molecule has 1 fully saturated rings. The fourth-order valence-electron chi connectivity index (χ4n) is 4.47. The van der Waals surface area contributed by atoms with Crippen molar-refractivity contribution >= 4 is 11.6 Å². The zero-order valence-corrected chi connectivity index (χ0v) is 20.1. The highest BCUT2D eigenvalue weighted by atomic mass is 16.5. The Morgan fingerprint density at radius 2 is 1.41 bits per heavy atom. The van der Waals surface area contributed by atoms with Crippen LogP contribution in [0.4, 0.5) is 5.69 Å². The Bertz CT molecular complexity index is 1070. The minimum absolute atomic E-state index is 0.000865. The molecule has 1 amide bonds. The Morgan fingerprint density at radius 1 is 0.824 bits per heavy atom. The number of likely N-dealkylation sites (tertiary alicyclic amines) is 1. The van der Waals surface area contributed by atoms with E-state index in [0.717, 1.165) is 55.4 Å². The second-order valence-corrected chi connectivity index (χ2v) is 8.46. The Balaban J connectivity index is 1.51. The molecule has 0 unspecified atom stereocenters. The zero-order valence-electron chi connectivity index (χ0n) is 20.1. The van der Waals surface area contributed by atoms with E-state index in [1.54, 1.807) is 21.3 Å². The van der Waals surface area contributed by atoms with Crippen LogP contribution in [-0.2, 0) is 6.54 Å². The number of anilines is 1. The van der Waals surface area contributed by atoms with Crippen LogP contribution in [0.1, 0.15) is 28.8 Å². The molecule has 178 valence electrons. The molecule has 1 saturated heterocycles. The van der Waals surface area contributed by atoms with Crippen LogP contribution in [0.2, 0.25) is 0 Å². The molecule has 4 rings (SSSR count). The van der Waals surface area contributed by atoms with Gasteiger partial charge < -0.3 is 19.1 Å². The van der Waals surface area contributed by atoms with Gasteiger partial charge in [-0.3, -0.25) is 9.69 Å². The van der Waals surface area contributed by atoms with E-state index in [4.69, 9.17) is 14.2 Å². The van der Waals surface area contributed by atoms with Crippen LogP contribution in [0, 0.1) is 0 Å². The molecule has 1 aliphatic heterocycles. The first-order chi connectivity index (χ1) is 16.6. The van der Waals surface area contributed by atoms with Crippen LogP contribution in [0.15, 0.2) is 72.8 Å². The Kier molecular flexibility index (Phi) is 7.70. The molecule has 34 heavy (non-hydrogen) atoms. The molecular weight excluding hydrogens is 428 g/mol. The third-order valence-electron chi connectivity index (χ3n) is 6.37. The molecule has 0 aromatic heterocycles. The molecule has 6 heteroatoms. The highest BCUT2D eigenvalue weighted by Gasteiger charge is 2.30. The van der Waals surface area contributed by atoms with E-state index in [1.165, 1.54) is 5.56 Å². The summed E-state index contributed by atoms with van der Waals surface area (Å²) in [7, 11) is 4.96. The summed E-state index contributed by atoms with van der Waals surface area (Å²) in [5, 5.41) is 0. The monoisotopic (exact) mass is 460 g/mol. The van der Waals surface area contributed by atoms with Gasteiger partial charge in [0, 0.05) is 36.9 Å². The van der Waals surface area contributed by atoms with E-state index in [0.29, 0.717) is 5.56 Å². The van der Waals surface area contributed by atoms with Gasteiger partial charge in [-0.2, -0.15) is 0 Å². The minimum Gasteiger partial charge on any atom is -0.497 e. The Labute approximate surface area is 201 Å². The summed E-state index contributed by atoms with van der Waals surface area (Å²) in [6, 6.07) is 23.4. The maximum Gasteiger partial charge on any atom is 0.258 e. The largest absolute Gasteiger partial charge is 0.497 e. The average Bonchev–Trinajstić information content (AvgIpc) is 2.90. The first-order valence-corrected chi connectivity index (χ1v) is 11.6. The van der Waals surface area contributed by atoms with Crippen LogP contribution in [0.5, 0.6) is 17.2 Å². The van der Waals surface area contributed by atoms with Crippen molar-refractivity contribution in [3.05, 3.63) is 83.9 Å². The van der Waals surface area contributed by atoms with Crippen molar-refractivity contribution in [3.8, 4) is 17.2 Å². The van der Waals surface area contributed by atoms with Crippen molar-refractivity contribution in [3.63, 3.8) is 0 Å². The molecule has 0 aliphatic carbocycles. The molecule has 0 atom stereocenters. The molecule has 0 spiro atoms. The fraction of sp³-hybridized carbons (Fsp3) is 0.321. The van der Waals surface area contributed by atoms with Crippen molar-refractivity contribution in [2.75, 3.05) is 39.3 Å². The van der Waals surface area contributed by atoms with Gasteiger partial charge >= 0.3 is 0 Å². The summed E-state index contributed by atoms with van der Waals surface area (Å²) in [5.74, 6) is 2.38. The topological polar surface area (TPSA) is 51.2 Å². The van der Waals surface area contributed by atoms with Gasteiger partial charge in [0.1, 0.15) is 17.2 Å². The number of hydrogen-bond acceptors (Lipinski definition) is 5. The number of carbonyl (C=O) groups is 1. The first kappa shape index (κ1) is 23.6. The lowest BCUT2D eigenvalue weighted by molar-refractivity contribution is 0.0958. The highest BCUT2D eigenvalue weighted by molar-refractivity contribution is 6.06. The van der Waals surface area contributed by atoms with Gasteiger partial charge in [0.15, 0.2) is 0 Å². The SMILES string of the molecule is COc1ccc(C(=O)N(c2ccc(OC)cc2)C2CCN(Cc3cccc(OC)c3)CC2)cc1. The quantitative estimate of drug-likeness (QED) is 0.472. The lowest BCUT2D eigenvalue weighted by atomic mass is 10.00. The lowest BCUT2D eigenvalue weighted by Crippen LogP contribution is -2.47. The third kappa shape index (κ3) is 5.51. The number of hydrogen-bond donors (Lipinski definition) is 0. The molecule has 3 aromatic rings. The Morgan fingerprint density at radius 3 is 2.00 bits per heavy atom. The number of methoxy groups -OCH3 is 3. The number of benzene rings is 3. The van der Waals surface area contributed by atoms with Crippen molar-refractivity contribution < 1.29 is 19.0 Å². The lowest BCUT2D eigenvalue weighted by Gasteiger charge is -2.38. The molecular formula is C28H32N2O4. The molecule has 6 nitrogen and oxygen atoms in total. The van der Waals surface area contributed by atoms with Gasteiger partial charge in [-0.1, -0.05) is 12.1 Å². The molecule has 0 radical (unpaired) electrons. The van der Waals surface area contributed by atoms with Crippen molar-refractivity contribution in [1.82, 2.24) is 4.90 Å². The molecule has 1 heterocycles. The highest BCUT2D eigenvalue weighted by Crippen LogP contribution is 2.29. The average molecular weight is 461 g/mol. The second kappa shape index (κ2) is 11.1. The smallest absolute Gasteiger partial charge is 0.258 e. The van der Waals surface area contributed by atoms with Gasteiger partial charge in [0.05, 0.1) is 21.3 Å². The molecule has 0 bridgehead atoms. The standard InChI is InChI=1S/C28H32N2O4/c1-32-25-11-7-22(8-12-25)28(31)30(23-9-13-26(33-2)14-10-23)24-15-17-29(18-16-24)20-21-5-4-6-27(19-21)34-3/h4-14,19,24H,15-18,20H2,1-3H3. The fourth-order valence-corrected chi connectivity index (χ4v) is 4.47. The summed E-state index contributed by atoms with van der Waals surface area (Å²) in [6.45, 7) is 2.72. The minimum atomic E-state index is -0.000865.